The van der Waals surface area contributed by atoms with Crippen molar-refractivity contribution in [3.63, 3.8) is 0 Å². The highest BCUT2D eigenvalue weighted by molar-refractivity contribution is 5.92. The van der Waals surface area contributed by atoms with E-state index >= 15 is 0 Å². The lowest BCUT2D eigenvalue weighted by Gasteiger charge is -2.09. The van der Waals surface area contributed by atoms with Crippen LogP contribution in [0.2, 0.25) is 0 Å². The van der Waals surface area contributed by atoms with Crippen LogP contribution in [-0.4, -0.2) is 39.4 Å². The number of esters is 2. The minimum atomic E-state index is -0.865. The molecule has 0 saturated heterocycles. The number of benzene rings is 3. The van der Waals surface area contributed by atoms with Crippen LogP contribution in [0.4, 0.5) is 8.78 Å². The molecule has 3 rings (SSSR count). The fourth-order valence-electron chi connectivity index (χ4n) is 3.10. The quantitative estimate of drug-likeness (QED) is 0.314. The molecule has 0 aromatic heterocycles. The molecule has 8 heteroatoms. The number of carbonyl (C=O) groups is 2. The zero-order valence-corrected chi connectivity index (χ0v) is 18.8. The molecule has 34 heavy (non-hydrogen) atoms. The number of rotatable bonds is 10. The van der Waals surface area contributed by atoms with Gasteiger partial charge >= 0.3 is 11.9 Å². The smallest absolute Gasteiger partial charge is 0.346 e. The molecule has 0 bridgehead atoms. The highest BCUT2D eigenvalue weighted by atomic mass is 19.1. The molecular formula is C26H24F2O6. The summed E-state index contributed by atoms with van der Waals surface area (Å²) in [7, 11) is 3.10. The molecule has 0 unspecified atom stereocenters. The molecule has 0 atom stereocenters. The zero-order valence-electron chi connectivity index (χ0n) is 18.8. The third kappa shape index (κ3) is 6.69. The van der Waals surface area contributed by atoms with Gasteiger partial charge in [-0.1, -0.05) is 12.1 Å². The normalized spacial score (nSPS) is 10.7. The van der Waals surface area contributed by atoms with E-state index < -0.39 is 23.6 Å². The Labute approximate surface area is 196 Å². The van der Waals surface area contributed by atoms with Crippen LogP contribution in [0.15, 0.2) is 60.7 Å². The minimum absolute atomic E-state index is 0.126. The van der Waals surface area contributed by atoms with Crippen molar-refractivity contribution in [2.24, 2.45) is 0 Å². The molecule has 0 saturated carbocycles. The summed E-state index contributed by atoms with van der Waals surface area (Å²) in [5, 5.41) is 0. The number of hydrogen-bond donors (Lipinski definition) is 0. The summed E-state index contributed by atoms with van der Waals surface area (Å²) in [5.74, 6) is -2.87. The Balaban J connectivity index is 1.61. The number of hydrogen-bond acceptors (Lipinski definition) is 6. The van der Waals surface area contributed by atoms with Gasteiger partial charge in [0.1, 0.15) is 23.1 Å². The third-order valence-electron chi connectivity index (χ3n) is 4.94. The maximum atomic E-state index is 14.3. The van der Waals surface area contributed by atoms with Gasteiger partial charge in [0.05, 0.1) is 24.3 Å². The maximum Gasteiger partial charge on any atom is 0.346 e. The zero-order chi connectivity index (χ0) is 24.5. The van der Waals surface area contributed by atoms with Gasteiger partial charge < -0.3 is 18.9 Å². The fourth-order valence-corrected chi connectivity index (χ4v) is 3.10. The summed E-state index contributed by atoms with van der Waals surface area (Å²) in [5.41, 5.74) is 0.980. The first kappa shape index (κ1) is 25.0. The lowest BCUT2D eigenvalue weighted by atomic mass is 10.1. The van der Waals surface area contributed by atoms with Crippen LogP contribution in [0, 0.1) is 11.6 Å². The second-order valence-electron chi connectivity index (χ2n) is 7.36. The molecule has 0 heterocycles. The van der Waals surface area contributed by atoms with Crippen LogP contribution >= 0.6 is 0 Å². The van der Waals surface area contributed by atoms with Crippen molar-refractivity contribution in [2.75, 3.05) is 27.4 Å². The maximum absolute atomic E-state index is 14.3. The van der Waals surface area contributed by atoms with Crippen LogP contribution in [0.3, 0.4) is 0 Å². The van der Waals surface area contributed by atoms with Gasteiger partial charge in [0.15, 0.2) is 0 Å². The third-order valence-corrected chi connectivity index (χ3v) is 4.94. The predicted molar refractivity (Wildman–Crippen MR) is 120 cm³/mol. The van der Waals surface area contributed by atoms with E-state index in [1.807, 2.05) is 0 Å². The largest absolute Gasteiger partial charge is 0.423 e. The van der Waals surface area contributed by atoms with Gasteiger partial charge in [-0.25, -0.2) is 18.4 Å². The first-order chi connectivity index (χ1) is 16.4. The van der Waals surface area contributed by atoms with Crippen LogP contribution in [0.25, 0.3) is 0 Å². The Bertz CT molecular complexity index is 1050. The second kappa shape index (κ2) is 12.0. The van der Waals surface area contributed by atoms with E-state index in [4.69, 9.17) is 18.9 Å². The van der Waals surface area contributed by atoms with Gasteiger partial charge in [-0.15, -0.1) is 0 Å². The molecule has 0 fully saturated rings. The van der Waals surface area contributed by atoms with Gasteiger partial charge in [0.2, 0.25) is 0 Å². The van der Waals surface area contributed by atoms with Crippen molar-refractivity contribution >= 4 is 11.9 Å². The van der Waals surface area contributed by atoms with Gasteiger partial charge in [0.25, 0.3) is 0 Å². The topological polar surface area (TPSA) is 71.1 Å². The number of halogens is 2. The number of ether oxygens (including phenoxy) is 4. The van der Waals surface area contributed by atoms with E-state index in [9.17, 15) is 18.4 Å². The van der Waals surface area contributed by atoms with Gasteiger partial charge in [-0.3, -0.25) is 0 Å². The Kier molecular flexibility index (Phi) is 8.84. The van der Waals surface area contributed by atoms with Crippen LogP contribution in [-0.2, 0) is 22.3 Å². The molecule has 0 amide bonds. The van der Waals surface area contributed by atoms with Crippen molar-refractivity contribution in [2.45, 2.75) is 12.8 Å². The lowest BCUT2D eigenvalue weighted by Crippen LogP contribution is -2.12. The predicted octanol–water partition coefficient (Wildman–Crippen LogP) is 4.78. The summed E-state index contributed by atoms with van der Waals surface area (Å²) in [4.78, 5) is 24.6. The highest BCUT2D eigenvalue weighted by Gasteiger charge is 2.17. The number of methoxy groups -OCH3 is 2. The molecule has 0 aliphatic heterocycles. The molecule has 3 aromatic rings. The van der Waals surface area contributed by atoms with E-state index in [-0.39, 0.29) is 22.6 Å². The first-order valence-electron chi connectivity index (χ1n) is 10.5. The SMILES string of the molecule is COCCc1ccc(C(=O)Oc2ccc(OC(=O)c3ccc(CCOC)cc3F)cc2)c(F)c1. The van der Waals surface area contributed by atoms with E-state index in [0.29, 0.717) is 37.2 Å². The van der Waals surface area contributed by atoms with E-state index in [0.717, 1.165) is 0 Å². The first-order valence-corrected chi connectivity index (χ1v) is 10.5. The molecule has 6 nitrogen and oxygen atoms in total. The molecule has 178 valence electrons. The van der Waals surface area contributed by atoms with Crippen LogP contribution in [0.5, 0.6) is 11.5 Å². The summed E-state index contributed by atoms with van der Waals surface area (Å²) < 4.78 is 48.9. The van der Waals surface area contributed by atoms with Gasteiger partial charge in [-0.05, 0) is 72.5 Å². The Hall–Kier alpha value is -3.62. The summed E-state index contributed by atoms with van der Waals surface area (Å²) in [6.45, 7) is 0.874. The Morgan fingerprint density at radius 2 is 1.03 bits per heavy atom. The highest BCUT2D eigenvalue weighted by Crippen LogP contribution is 2.22. The lowest BCUT2D eigenvalue weighted by molar-refractivity contribution is 0.0714. The number of carbonyl (C=O) groups excluding carboxylic acids is 2. The second-order valence-corrected chi connectivity index (χ2v) is 7.36. The Morgan fingerprint density at radius 3 is 1.35 bits per heavy atom. The summed E-state index contributed by atoms with van der Waals surface area (Å²) >= 11 is 0. The van der Waals surface area contributed by atoms with Gasteiger partial charge in [-0.2, -0.15) is 0 Å². The summed E-state index contributed by atoms with van der Waals surface area (Å²) in [6.07, 6.45) is 1.04. The average Bonchev–Trinajstić information content (AvgIpc) is 2.82. The molecule has 3 aromatic carbocycles. The fraction of sp³-hybridized carbons (Fsp3) is 0.231. The van der Waals surface area contributed by atoms with Crippen molar-refractivity contribution in [3.05, 3.63) is 94.6 Å². The van der Waals surface area contributed by atoms with E-state index in [2.05, 4.69) is 0 Å². The summed E-state index contributed by atoms with van der Waals surface area (Å²) in [6, 6.07) is 14.0. The molecule has 0 spiro atoms. The van der Waals surface area contributed by atoms with Crippen LogP contribution in [0.1, 0.15) is 31.8 Å². The molecule has 0 aliphatic carbocycles. The van der Waals surface area contributed by atoms with E-state index in [1.165, 1.54) is 48.5 Å². The molecule has 0 N–H and O–H groups in total. The standard InChI is InChI=1S/C26H24F2O6/c1-31-13-11-17-3-9-21(23(27)15-17)25(29)33-19-5-7-20(8-6-19)34-26(30)22-10-4-18(12-14-32-2)16-24(22)28/h3-10,15-16H,11-14H2,1-2H3. The average molecular weight is 470 g/mol. The Morgan fingerprint density at radius 1 is 0.647 bits per heavy atom. The molecular weight excluding hydrogens is 446 g/mol. The molecule has 0 aliphatic rings. The van der Waals surface area contributed by atoms with E-state index in [1.54, 1.807) is 26.4 Å². The minimum Gasteiger partial charge on any atom is -0.423 e. The molecule has 0 radical (unpaired) electrons. The van der Waals surface area contributed by atoms with Crippen LogP contribution < -0.4 is 9.47 Å². The monoisotopic (exact) mass is 470 g/mol. The van der Waals surface area contributed by atoms with Crippen molar-refractivity contribution in [1.82, 2.24) is 0 Å². The van der Waals surface area contributed by atoms with Crippen molar-refractivity contribution < 1.29 is 37.3 Å². The van der Waals surface area contributed by atoms with Crippen molar-refractivity contribution in [3.8, 4) is 11.5 Å². The van der Waals surface area contributed by atoms with Crippen molar-refractivity contribution in [1.29, 1.82) is 0 Å². The van der Waals surface area contributed by atoms with Gasteiger partial charge in [0, 0.05) is 14.2 Å².